The lowest BCUT2D eigenvalue weighted by Gasteiger charge is -2.01. The van der Waals surface area contributed by atoms with Crippen molar-refractivity contribution in [3.8, 4) is 0 Å². The first kappa shape index (κ1) is 11.9. The fraction of sp³-hybridized carbons (Fsp3) is 0.357. The summed E-state index contributed by atoms with van der Waals surface area (Å²) in [6.45, 7) is 2.94. The van der Waals surface area contributed by atoms with Gasteiger partial charge in [-0.2, -0.15) is 0 Å². The van der Waals surface area contributed by atoms with Crippen LogP contribution in [-0.2, 0) is 20.0 Å². The van der Waals surface area contributed by atoms with Gasteiger partial charge in [0.05, 0.1) is 12.2 Å². The van der Waals surface area contributed by atoms with E-state index in [2.05, 4.69) is 48.1 Å². The third-order valence-electron chi connectivity index (χ3n) is 3.12. The van der Waals surface area contributed by atoms with Gasteiger partial charge in [-0.1, -0.05) is 30.3 Å². The number of nitrogens with zero attached hydrogens (tertiary/aromatic N) is 2. The molecule has 0 saturated carbocycles. The number of aromatic nitrogens is 2. The van der Waals surface area contributed by atoms with Crippen LogP contribution in [0.15, 0.2) is 30.3 Å². The van der Waals surface area contributed by atoms with Crippen molar-refractivity contribution in [2.24, 2.45) is 7.05 Å². The highest BCUT2D eigenvalue weighted by molar-refractivity contribution is 5.25. The van der Waals surface area contributed by atoms with Crippen LogP contribution < -0.4 is 5.32 Å². The van der Waals surface area contributed by atoms with Gasteiger partial charge in [0.2, 0.25) is 0 Å². The van der Waals surface area contributed by atoms with Crippen LogP contribution in [0.4, 0.5) is 0 Å². The quantitative estimate of drug-likeness (QED) is 0.869. The van der Waals surface area contributed by atoms with Crippen LogP contribution in [0.1, 0.15) is 22.8 Å². The molecule has 1 aromatic heterocycles. The summed E-state index contributed by atoms with van der Waals surface area (Å²) < 4.78 is 2.16. The minimum atomic E-state index is 0.812. The molecule has 0 bridgehead atoms. The summed E-state index contributed by atoms with van der Waals surface area (Å²) in [6, 6.07) is 10.5. The first-order valence-electron chi connectivity index (χ1n) is 5.92. The van der Waals surface area contributed by atoms with E-state index in [9.17, 15) is 0 Å². The molecule has 1 aromatic carbocycles. The second-order valence-corrected chi connectivity index (χ2v) is 4.31. The molecule has 0 aliphatic rings. The van der Waals surface area contributed by atoms with Crippen molar-refractivity contribution < 1.29 is 0 Å². The maximum atomic E-state index is 4.69. The van der Waals surface area contributed by atoms with Crippen molar-refractivity contribution in [3.05, 3.63) is 53.1 Å². The molecule has 0 amide bonds. The van der Waals surface area contributed by atoms with Crippen molar-refractivity contribution >= 4 is 0 Å². The predicted octanol–water partition coefficient (Wildman–Crippen LogP) is 2.04. The highest BCUT2D eigenvalue weighted by atomic mass is 15.1. The Kier molecular flexibility index (Phi) is 3.59. The molecule has 1 heterocycles. The Morgan fingerprint density at radius 3 is 2.59 bits per heavy atom. The van der Waals surface area contributed by atoms with Gasteiger partial charge in [-0.15, -0.1) is 0 Å². The van der Waals surface area contributed by atoms with Crippen LogP contribution in [0.25, 0.3) is 0 Å². The molecule has 0 aliphatic heterocycles. The topological polar surface area (TPSA) is 29.9 Å². The van der Waals surface area contributed by atoms with Crippen molar-refractivity contribution in [1.82, 2.24) is 14.9 Å². The highest BCUT2D eigenvalue weighted by Crippen LogP contribution is 2.14. The van der Waals surface area contributed by atoms with E-state index in [-0.39, 0.29) is 0 Å². The summed E-state index contributed by atoms with van der Waals surface area (Å²) in [5.41, 5.74) is 3.73. The Labute approximate surface area is 103 Å². The van der Waals surface area contributed by atoms with Crippen molar-refractivity contribution in [2.75, 3.05) is 7.05 Å². The van der Waals surface area contributed by atoms with E-state index < -0.39 is 0 Å². The number of benzene rings is 1. The number of hydrogen-bond acceptors (Lipinski definition) is 2. The molecule has 90 valence electrons. The van der Waals surface area contributed by atoms with E-state index in [0.717, 1.165) is 18.8 Å². The Morgan fingerprint density at radius 2 is 1.94 bits per heavy atom. The lowest BCUT2D eigenvalue weighted by atomic mass is 10.1. The Balaban J connectivity index is 2.25. The molecule has 2 aromatic rings. The summed E-state index contributed by atoms with van der Waals surface area (Å²) in [5, 5.41) is 3.15. The zero-order valence-corrected chi connectivity index (χ0v) is 10.7. The Morgan fingerprint density at radius 1 is 1.24 bits per heavy atom. The summed E-state index contributed by atoms with van der Waals surface area (Å²) in [6.07, 6.45) is 0.907. The van der Waals surface area contributed by atoms with Gasteiger partial charge in [0.15, 0.2) is 0 Å². The van der Waals surface area contributed by atoms with E-state index in [1.54, 1.807) is 0 Å². The van der Waals surface area contributed by atoms with Crippen LogP contribution in [0, 0.1) is 6.92 Å². The first-order chi connectivity index (χ1) is 8.22. The molecular weight excluding hydrogens is 210 g/mol. The number of nitrogens with one attached hydrogen (secondary N) is 1. The molecule has 0 fully saturated rings. The normalized spacial score (nSPS) is 10.8. The van der Waals surface area contributed by atoms with Gasteiger partial charge in [-0.3, -0.25) is 0 Å². The molecule has 0 atom stereocenters. The SMILES string of the molecule is CNCc1nc(Cc2ccccc2)c(C)n1C. The largest absolute Gasteiger partial charge is 0.334 e. The average Bonchev–Trinajstić information content (AvgIpc) is 2.60. The smallest absolute Gasteiger partial charge is 0.122 e. The molecule has 0 radical (unpaired) electrons. The molecule has 1 N–H and O–H groups in total. The summed E-state index contributed by atoms with van der Waals surface area (Å²) in [4.78, 5) is 4.69. The van der Waals surface area contributed by atoms with Crippen molar-refractivity contribution in [3.63, 3.8) is 0 Å². The molecule has 0 saturated heterocycles. The van der Waals surface area contributed by atoms with Gasteiger partial charge in [0.1, 0.15) is 5.82 Å². The van der Waals surface area contributed by atoms with Crippen LogP contribution in [-0.4, -0.2) is 16.6 Å². The fourth-order valence-corrected chi connectivity index (χ4v) is 1.97. The van der Waals surface area contributed by atoms with Gasteiger partial charge in [-0.25, -0.2) is 4.98 Å². The number of hydrogen-bond donors (Lipinski definition) is 1. The maximum absolute atomic E-state index is 4.69. The minimum absolute atomic E-state index is 0.812. The molecule has 17 heavy (non-hydrogen) atoms. The van der Waals surface area contributed by atoms with Gasteiger partial charge in [0.25, 0.3) is 0 Å². The zero-order chi connectivity index (χ0) is 12.3. The van der Waals surface area contributed by atoms with Crippen molar-refractivity contribution in [1.29, 1.82) is 0 Å². The predicted molar refractivity (Wildman–Crippen MR) is 70.0 cm³/mol. The third kappa shape index (κ3) is 2.56. The third-order valence-corrected chi connectivity index (χ3v) is 3.12. The monoisotopic (exact) mass is 229 g/mol. The Bertz CT molecular complexity index is 486. The highest BCUT2D eigenvalue weighted by Gasteiger charge is 2.10. The van der Waals surface area contributed by atoms with E-state index in [1.165, 1.54) is 17.0 Å². The first-order valence-corrected chi connectivity index (χ1v) is 5.92. The van der Waals surface area contributed by atoms with Gasteiger partial charge >= 0.3 is 0 Å². The van der Waals surface area contributed by atoms with Gasteiger partial charge in [0, 0.05) is 19.2 Å². The van der Waals surface area contributed by atoms with Crippen LogP contribution >= 0.6 is 0 Å². The summed E-state index contributed by atoms with van der Waals surface area (Å²) in [7, 11) is 4.02. The van der Waals surface area contributed by atoms with E-state index in [0.29, 0.717) is 0 Å². The van der Waals surface area contributed by atoms with Crippen molar-refractivity contribution in [2.45, 2.75) is 19.9 Å². The summed E-state index contributed by atoms with van der Waals surface area (Å²) in [5.74, 6) is 1.09. The van der Waals surface area contributed by atoms with Crippen LogP contribution in [0.3, 0.4) is 0 Å². The fourth-order valence-electron chi connectivity index (χ4n) is 1.97. The molecule has 3 nitrogen and oxygen atoms in total. The number of rotatable bonds is 4. The molecule has 0 unspecified atom stereocenters. The number of imidazole rings is 1. The van der Waals surface area contributed by atoms with E-state index >= 15 is 0 Å². The second kappa shape index (κ2) is 5.15. The van der Waals surface area contributed by atoms with Crippen LogP contribution in [0.5, 0.6) is 0 Å². The van der Waals surface area contributed by atoms with Gasteiger partial charge in [-0.05, 0) is 19.5 Å². The lowest BCUT2D eigenvalue weighted by molar-refractivity contribution is 0.700. The standard InChI is InChI=1S/C14H19N3/c1-11-13(9-12-7-5-4-6-8-12)16-14(10-15-2)17(11)3/h4-8,15H,9-10H2,1-3H3. The maximum Gasteiger partial charge on any atom is 0.122 e. The second-order valence-electron chi connectivity index (χ2n) is 4.31. The zero-order valence-electron chi connectivity index (χ0n) is 10.7. The molecular formula is C14H19N3. The summed E-state index contributed by atoms with van der Waals surface area (Å²) >= 11 is 0. The minimum Gasteiger partial charge on any atom is -0.334 e. The van der Waals surface area contributed by atoms with E-state index in [4.69, 9.17) is 4.98 Å². The molecule has 3 heteroatoms. The van der Waals surface area contributed by atoms with Crippen LogP contribution in [0.2, 0.25) is 0 Å². The average molecular weight is 229 g/mol. The molecule has 0 aliphatic carbocycles. The van der Waals surface area contributed by atoms with Gasteiger partial charge < -0.3 is 9.88 Å². The van der Waals surface area contributed by atoms with E-state index in [1.807, 2.05) is 13.1 Å². The molecule has 0 spiro atoms. The molecule has 2 rings (SSSR count). The lowest BCUT2D eigenvalue weighted by Crippen LogP contribution is -2.10. The Hall–Kier alpha value is -1.61.